The molecule has 0 aromatic rings. The molecule has 0 aliphatic heterocycles. The lowest BCUT2D eigenvalue weighted by atomic mass is 9.95. The molecule has 2 atom stereocenters. The maximum Gasteiger partial charge on any atom is 0.00644 e. The summed E-state index contributed by atoms with van der Waals surface area (Å²) in [7, 11) is 0. The summed E-state index contributed by atoms with van der Waals surface area (Å²) in [5.41, 5.74) is 0. The molecule has 0 spiro atoms. The van der Waals surface area contributed by atoms with Crippen molar-refractivity contribution in [1.82, 2.24) is 5.32 Å². The molecule has 1 nitrogen and oxygen atoms in total. The standard InChI is InChI=1S/C16H35N/c1-5-9-11-15(7-3)13-14-17-16(8-4)12-10-6-2/h15-17H,5-14H2,1-4H3. The van der Waals surface area contributed by atoms with Crippen LogP contribution >= 0.6 is 0 Å². The molecule has 0 aliphatic rings. The van der Waals surface area contributed by atoms with Crippen LogP contribution in [0.2, 0.25) is 0 Å². The van der Waals surface area contributed by atoms with E-state index >= 15 is 0 Å². The summed E-state index contributed by atoms with van der Waals surface area (Å²) in [6, 6.07) is 0.763. The summed E-state index contributed by atoms with van der Waals surface area (Å²) >= 11 is 0. The van der Waals surface area contributed by atoms with E-state index in [4.69, 9.17) is 0 Å². The SMILES string of the molecule is CCCCC(CC)CCNC(CC)CCCC. The van der Waals surface area contributed by atoms with Gasteiger partial charge in [0.2, 0.25) is 0 Å². The molecule has 1 heteroatoms. The van der Waals surface area contributed by atoms with Crippen molar-refractivity contribution in [2.24, 2.45) is 5.92 Å². The van der Waals surface area contributed by atoms with Crippen LogP contribution in [0.5, 0.6) is 0 Å². The van der Waals surface area contributed by atoms with Gasteiger partial charge in [-0.15, -0.1) is 0 Å². The van der Waals surface area contributed by atoms with E-state index in [2.05, 4.69) is 33.0 Å². The zero-order valence-corrected chi connectivity index (χ0v) is 12.7. The first-order chi connectivity index (χ1) is 8.28. The third kappa shape index (κ3) is 9.64. The Morgan fingerprint density at radius 1 is 0.765 bits per heavy atom. The molecule has 0 heterocycles. The lowest BCUT2D eigenvalue weighted by Gasteiger charge is -2.19. The van der Waals surface area contributed by atoms with Crippen molar-refractivity contribution in [3.8, 4) is 0 Å². The van der Waals surface area contributed by atoms with Crippen LogP contribution in [-0.4, -0.2) is 12.6 Å². The van der Waals surface area contributed by atoms with Crippen molar-refractivity contribution in [2.45, 2.75) is 91.5 Å². The number of rotatable bonds is 12. The van der Waals surface area contributed by atoms with E-state index in [0.717, 1.165) is 12.0 Å². The Labute approximate surface area is 110 Å². The molecule has 17 heavy (non-hydrogen) atoms. The summed E-state index contributed by atoms with van der Waals surface area (Å²) in [5.74, 6) is 0.950. The van der Waals surface area contributed by atoms with Crippen LogP contribution in [0.4, 0.5) is 0 Å². The second kappa shape index (κ2) is 12.4. The lowest BCUT2D eigenvalue weighted by Crippen LogP contribution is -2.30. The largest absolute Gasteiger partial charge is 0.314 e. The molecule has 0 bridgehead atoms. The van der Waals surface area contributed by atoms with Crippen molar-refractivity contribution in [1.29, 1.82) is 0 Å². The first-order valence-corrected chi connectivity index (χ1v) is 8.01. The predicted molar refractivity (Wildman–Crippen MR) is 79.5 cm³/mol. The van der Waals surface area contributed by atoms with Gasteiger partial charge in [0, 0.05) is 6.04 Å². The maximum atomic E-state index is 3.75. The molecule has 2 unspecified atom stereocenters. The van der Waals surface area contributed by atoms with E-state index in [9.17, 15) is 0 Å². The second-order valence-electron chi connectivity index (χ2n) is 5.41. The highest BCUT2D eigenvalue weighted by Crippen LogP contribution is 2.16. The van der Waals surface area contributed by atoms with E-state index in [1.807, 2.05) is 0 Å². The number of hydrogen-bond acceptors (Lipinski definition) is 1. The molecule has 0 amide bonds. The minimum Gasteiger partial charge on any atom is -0.314 e. The quantitative estimate of drug-likeness (QED) is 0.498. The Balaban J connectivity index is 3.61. The second-order valence-corrected chi connectivity index (χ2v) is 5.41. The highest BCUT2D eigenvalue weighted by atomic mass is 14.9. The first kappa shape index (κ1) is 17.0. The maximum absolute atomic E-state index is 3.75. The van der Waals surface area contributed by atoms with Crippen LogP contribution in [0.1, 0.15) is 85.5 Å². The smallest absolute Gasteiger partial charge is 0.00644 e. The third-order valence-corrected chi connectivity index (χ3v) is 3.93. The fraction of sp³-hybridized carbons (Fsp3) is 1.00. The van der Waals surface area contributed by atoms with Crippen LogP contribution in [0, 0.1) is 5.92 Å². The van der Waals surface area contributed by atoms with Crippen LogP contribution in [0.25, 0.3) is 0 Å². The number of nitrogens with one attached hydrogen (secondary N) is 1. The van der Waals surface area contributed by atoms with E-state index in [-0.39, 0.29) is 0 Å². The van der Waals surface area contributed by atoms with Gasteiger partial charge in [0.1, 0.15) is 0 Å². The van der Waals surface area contributed by atoms with Crippen molar-refractivity contribution in [3.63, 3.8) is 0 Å². The molecule has 0 rings (SSSR count). The Hall–Kier alpha value is -0.0400. The molecular weight excluding hydrogens is 206 g/mol. The molecule has 0 saturated heterocycles. The Kier molecular flexibility index (Phi) is 12.4. The average Bonchev–Trinajstić information content (AvgIpc) is 2.37. The summed E-state index contributed by atoms with van der Waals surface area (Å²) in [5, 5.41) is 3.75. The topological polar surface area (TPSA) is 12.0 Å². The van der Waals surface area contributed by atoms with Crippen LogP contribution < -0.4 is 5.32 Å². The molecule has 0 aromatic heterocycles. The third-order valence-electron chi connectivity index (χ3n) is 3.93. The van der Waals surface area contributed by atoms with Crippen LogP contribution in [0.15, 0.2) is 0 Å². The highest BCUT2D eigenvalue weighted by molar-refractivity contribution is 4.67. The zero-order valence-electron chi connectivity index (χ0n) is 12.7. The van der Waals surface area contributed by atoms with Gasteiger partial charge < -0.3 is 5.32 Å². The van der Waals surface area contributed by atoms with Crippen molar-refractivity contribution < 1.29 is 0 Å². The van der Waals surface area contributed by atoms with E-state index < -0.39 is 0 Å². The number of unbranched alkanes of at least 4 members (excludes halogenated alkanes) is 2. The number of hydrogen-bond donors (Lipinski definition) is 1. The van der Waals surface area contributed by atoms with Crippen molar-refractivity contribution >= 4 is 0 Å². The summed E-state index contributed by atoms with van der Waals surface area (Å²) in [6.45, 7) is 10.5. The molecule has 1 N–H and O–H groups in total. The fourth-order valence-corrected chi connectivity index (χ4v) is 2.44. The minimum absolute atomic E-state index is 0.763. The van der Waals surface area contributed by atoms with E-state index in [1.54, 1.807) is 0 Å². The highest BCUT2D eigenvalue weighted by Gasteiger charge is 2.08. The fourth-order valence-electron chi connectivity index (χ4n) is 2.44. The molecular formula is C16H35N. The van der Waals surface area contributed by atoms with Gasteiger partial charge in [-0.2, -0.15) is 0 Å². The summed E-state index contributed by atoms with van der Waals surface area (Å²) in [4.78, 5) is 0. The van der Waals surface area contributed by atoms with Crippen LogP contribution in [-0.2, 0) is 0 Å². The van der Waals surface area contributed by atoms with Crippen molar-refractivity contribution in [3.05, 3.63) is 0 Å². The molecule has 0 radical (unpaired) electrons. The van der Waals surface area contributed by atoms with Gasteiger partial charge in [-0.05, 0) is 31.7 Å². The first-order valence-electron chi connectivity index (χ1n) is 8.01. The van der Waals surface area contributed by atoms with Gasteiger partial charge in [-0.3, -0.25) is 0 Å². The minimum atomic E-state index is 0.763. The predicted octanol–water partition coefficient (Wildman–Crippen LogP) is 5.15. The van der Waals surface area contributed by atoms with Crippen molar-refractivity contribution in [2.75, 3.05) is 6.54 Å². The van der Waals surface area contributed by atoms with Gasteiger partial charge >= 0.3 is 0 Å². The van der Waals surface area contributed by atoms with E-state index in [1.165, 1.54) is 64.3 Å². The molecule has 0 saturated carbocycles. The summed E-state index contributed by atoms with van der Waals surface area (Å²) in [6.07, 6.45) is 12.3. The summed E-state index contributed by atoms with van der Waals surface area (Å²) < 4.78 is 0. The lowest BCUT2D eigenvalue weighted by molar-refractivity contribution is 0.379. The van der Waals surface area contributed by atoms with Gasteiger partial charge in [0.25, 0.3) is 0 Å². The Bertz CT molecular complexity index is 128. The van der Waals surface area contributed by atoms with E-state index in [0.29, 0.717) is 0 Å². The molecule has 0 fully saturated rings. The molecule has 104 valence electrons. The van der Waals surface area contributed by atoms with Gasteiger partial charge in [-0.1, -0.05) is 66.2 Å². The molecule has 0 aromatic carbocycles. The molecule has 0 aliphatic carbocycles. The van der Waals surface area contributed by atoms with Gasteiger partial charge in [0.15, 0.2) is 0 Å². The van der Waals surface area contributed by atoms with Crippen LogP contribution in [0.3, 0.4) is 0 Å². The Morgan fingerprint density at radius 2 is 1.41 bits per heavy atom. The average molecular weight is 241 g/mol. The Morgan fingerprint density at radius 3 is 1.94 bits per heavy atom. The van der Waals surface area contributed by atoms with Gasteiger partial charge in [-0.25, -0.2) is 0 Å². The normalized spacial score (nSPS) is 14.8. The van der Waals surface area contributed by atoms with Gasteiger partial charge in [0.05, 0.1) is 0 Å². The zero-order chi connectivity index (χ0) is 12.9. The monoisotopic (exact) mass is 241 g/mol.